The fourth-order valence-corrected chi connectivity index (χ4v) is 4.23. The number of hydrogen-bond acceptors (Lipinski definition) is 3. The van der Waals surface area contributed by atoms with Gasteiger partial charge in [0.1, 0.15) is 5.41 Å². The maximum Gasteiger partial charge on any atom is 0.320 e. The Hall–Kier alpha value is -3.38. The summed E-state index contributed by atoms with van der Waals surface area (Å²) < 4.78 is 5.35. The molecule has 0 aliphatic heterocycles. The molecule has 0 amide bonds. The standard InChI is InChI=1S/C27H27NO2/c1-26(20-21-28,22-12-6-3-7-13-22)18-19-27(25(29)30-2,23-14-8-4-9-15-23)24-16-10-5-11-17-24/h3-17H,18-20H2,1-2H3. The zero-order valence-corrected chi connectivity index (χ0v) is 17.5. The first-order valence-electron chi connectivity index (χ1n) is 10.2. The smallest absolute Gasteiger partial charge is 0.320 e. The molecule has 3 nitrogen and oxygen atoms in total. The maximum absolute atomic E-state index is 13.4. The van der Waals surface area contributed by atoms with E-state index in [1.165, 1.54) is 7.11 Å². The largest absolute Gasteiger partial charge is 0.468 e. The van der Waals surface area contributed by atoms with Gasteiger partial charge in [-0.15, -0.1) is 0 Å². The number of ether oxygens (including phenoxy) is 1. The fraction of sp³-hybridized carbons (Fsp3) is 0.259. The molecule has 0 aliphatic rings. The highest BCUT2D eigenvalue weighted by Gasteiger charge is 2.44. The van der Waals surface area contributed by atoms with Gasteiger partial charge in [-0.05, 0) is 29.5 Å². The van der Waals surface area contributed by atoms with Crippen molar-refractivity contribution in [2.24, 2.45) is 0 Å². The minimum Gasteiger partial charge on any atom is -0.468 e. The molecule has 0 bridgehead atoms. The summed E-state index contributed by atoms with van der Waals surface area (Å²) in [5.41, 5.74) is 1.58. The van der Waals surface area contributed by atoms with Crippen LogP contribution < -0.4 is 0 Å². The van der Waals surface area contributed by atoms with Gasteiger partial charge < -0.3 is 4.74 Å². The van der Waals surface area contributed by atoms with E-state index in [2.05, 4.69) is 25.1 Å². The van der Waals surface area contributed by atoms with Crippen LogP contribution in [0.5, 0.6) is 0 Å². The zero-order chi connectivity index (χ0) is 21.5. The average Bonchev–Trinajstić information content (AvgIpc) is 2.81. The third kappa shape index (κ3) is 4.14. The normalized spacial score (nSPS) is 13.1. The Kier molecular flexibility index (Phi) is 6.69. The molecule has 0 saturated heterocycles. The van der Waals surface area contributed by atoms with E-state index in [4.69, 9.17) is 4.74 Å². The van der Waals surface area contributed by atoms with Crippen molar-refractivity contribution >= 4 is 5.97 Å². The van der Waals surface area contributed by atoms with Crippen LogP contribution in [0.1, 0.15) is 42.9 Å². The van der Waals surface area contributed by atoms with Crippen molar-refractivity contribution in [3.63, 3.8) is 0 Å². The van der Waals surface area contributed by atoms with Crippen molar-refractivity contribution in [2.75, 3.05) is 7.11 Å². The summed E-state index contributed by atoms with van der Waals surface area (Å²) in [5, 5.41) is 9.54. The summed E-state index contributed by atoms with van der Waals surface area (Å²) in [4.78, 5) is 13.4. The molecule has 1 atom stereocenters. The lowest BCUT2D eigenvalue weighted by Gasteiger charge is -2.36. The van der Waals surface area contributed by atoms with Crippen molar-refractivity contribution in [1.82, 2.24) is 0 Å². The number of nitrogens with zero attached hydrogens (tertiary/aromatic N) is 1. The van der Waals surface area contributed by atoms with Crippen LogP contribution in [0.2, 0.25) is 0 Å². The summed E-state index contributed by atoms with van der Waals surface area (Å²) in [5.74, 6) is -0.285. The molecule has 152 valence electrons. The third-order valence-electron chi connectivity index (χ3n) is 6.06. The number of benzene rings is 3. The van der Waals surface area contributed by atoms with Gasteiger partial charge in [0.15, 0.2) is 0 Å². The lowest BCUT2D eigenvalue weighted by atomic mass is 9.66. The number of esters is 1. The highest BCUT2D eigenvalue weighted by Crippen LogP contribution is 2.43. The highest BCUT2D eigenvalue weighted by molar-refractivity contribution is 5.87. The zero-order valence-electron chi connectivity index (χ0n) is 17.5. The lowest BCUT2D eigenvalue weighted by Crippen LogP contribution is -2.40. The molecule has 0 aromatic heterocycles. The molecule has 1 unspecified atom stereocenters. The predicted octanol–water partition coefficient (Wildman–Crippen LogP) is 5.80. The molecule has 0 spiro atoms. The van der Waals surface area contributed by atoms with Crippen LogP contribution in [0, 0.1) is 11.3 Å². The minimum atomic E-state index is -0.942. The van der Waals surface area contributed by atoms with Gasteiger partial charge in [0.2, 0.25) is 0 Å². The summed E-state index contributed by atoms with van der Waals surface area (Å²) in [6, 6.07) is 32.0. The van der Waals surface area contributed by atoms with Gasteiger partial charge >= 0.3 is 5.97 Å². The average molecular weight is 398 g/mol. The van der Waals surface area contributed by atoms with Gasteiger partial charge in [-0.1, -0.05) is 97.9 Å². The third-order valence-corrected chi connectivity index (χ3v) is 6.06. The van der Waals surface area contributed by atoms with E-state index in [1.807, 2.05) is 78.9 Å². The van der Waals surface area contributed by atoms with Crippen LogP contribution in [0.15, 0.2) is 91.0 Å². The number of rotatable bonds is 8. The molecule has 3 heteroatoms. The van der Waals surface area contributed by atoms with E-state index in [0.29, 0.717) is 19.3 Å². The Labute approximate surface area is 178 Å². The number of methoxy groups -OCH3 is 1. The molecule has 0 saturated carbocycles. The molecule has 3 aromatic rings. The quantitative estimate of drug-likeness (QED) is 0.452. The fourth-order valence-electron chi connectivity index (χ4n) is 4.23. The van der Waals surface area contributed by atoms with E-state index >= 15 is 0 Å². The minimum absolute atomic E-state index is 0.285. The van der Waals surface area contributed by atoms with Crippen LogP contribution in [0.25, 0.3) is 0 Å². The first-order chi connectivity index (χ1) is 14.6. The topological polar surface area (TPSA) is 50.1 Å². The molecule has 0 radical (unpaired) electrons. The molecule has 3 aromatic carbocycles. The number of carbonyl (C=O) groups excluding carboxylic acids is 1. The molecule has 0 fully saturated rings. The van der Waals surface area contributed by atoms with Gasteiger partial charge in [0.25, 0.3) is 0 Å². The van der Waals surface area contributed by atoms with E-state index in [1.54, 1.807) is 0 Å². The van der Waals surface area contributed by atoms with Crippen molar-refractivity contribution in [3.8, 4) is 6.07 Å². The van der Waals surface area contributed by atoms with Crippen LogP contribution in [0.3, 0.4) is 0 Å². The first kappa shape index (κ1) is 21.3. The summed E-state index contributed by atoms with van der Waals surface area (Å²) in [7, 11) is 1.44. The Morgan fingerprint density at radius 2 is 1.23 bits per heavy atom. The van der Waals surface area contributed by atoms with E-state index in [-0.39, 0.29) is 11.4 Å². The predicted molar refractivity (Wildman–Crippen MR) is 119 cm³/mol. The second-order valence-corrected chi connectivity index (χ2v) is 7.89. The van der Waals surface area contributed by atoms with Crippen LogP contribution in [0.4, 0.5) is 0 Å². The van der Waals surface area contributed by atoms with Crippen molar-refractivity contribution in [1.29, 1.82) is 5.26 Å². The highest BCUT2D eigenvalue weighted by atomic mass is 16.5. The first-order valence-corrected chi connectivity index (χ1v) is 10.2. The Bertz CT molecular complexity index is 954. The van der Waals surface area contributed by atoms with E-state index < -0.39 is 5.41 Å². The molecule has 30 heavy (non-hydrogen) atoms. The van der Waals surface area contributed by atoms with Gasteiger partial charge in [0, 0.05) is 11.8 Å². The van der Waals surface area contributed by atoms with Crippen molar-refractivity contribution in [3.05, 3.63) is 108 Å². The maximum atomic E-state index is 13.4. The van der Waals surface area contributed by atoms with E-state index in [9.17, 15) is 10.1 Å². The number of nitriles is 1. The Balaban J connectivity index is 2.11. The molecule has 3 rings (SSSR count). The van der Waals surface area contributed by atoms with Gasteiger partial charge in [-0.3, -0.25) is 4.79 Å². The molecular weight excluding hydrogens is 370 g/mol. The second kappa shape index (κ2) is 9.41. The van der Waals surface area contributed by atoms with Crippen LogP contribution in [-0.4, -0.2) is 13.1 Å². The number of hydrogen-bond donors (Lipinski definition) is 0. The SMILES string of the molecule is COC(=O)C(CCC(C)(CC#N)c1ccccc1)(c1ccccc1)c1ccccc1. The molecule has 0 aliphatic carbocycles. The van der Waals surface area contributed by atoms with Crippen molar-refractivity contribution < 1.29 is 9.53 Å². The summed E-state index contributed by atoms with van der Waals surface area (Å²) in [6.07, 6.45) is 1.56. The Morgan fingerprint density at radius 1 is 0.800 bits per heavy atom. The summed E-state index contributed by atoms with van der Waals surface area (Å²) in [6.45, 7) is 2.10. The summed E-state index contributed by atoms with van der Waals surface area (Å²) >= 11 is 0. The molecule has 0 heterocycles. The lowest BCUT2D eigenvalue weighted by molar-refractivity contribution is -0.146. The second-order valence-electron chi connectivity index (χ2n) is 7.89. The number of carbonyl (C=O) groups is 1. The van der Waals surface area contributed by atoms with Crippen LogP contribution in [-0.2, 0) is 20.4 Å². The van der Waals surface area contributed by atoms with Gasteiger partial charge in [0.05, 0.1) is 13.2 Å². The van der Waals surface area contributed by atoms with Crippen molar-refractivity contribution in [2.45, 2.75) is 37.0 Å². The Morgan fingerprint density at radius 3 is 1.63 bits per heavy atom. The van der Waals surface area contributed by atoms with Crippen LogP contribution >= 0.6 is 0 Å². The van der Waals surface area contributed by atoms with Gasteiger partial charge in [-0.2, -0.15) is 5.26 Å². The molecular formula is C27H27NO2. The molecule has 0 N–H and O–H groups in total. The van der Waals surface area contributed by atoms with Gasteiger partial charge in [-0.25, -0.2) is 0 Å². The monoisotopic (exact) mass is 397 g/mol. The van der Waals surface area contributed by atoms with E-state index in [0.717, 1.165) is 16.7 Å².